The van der Waals surface area contributed by atoms with Gasteiger partial charge in [0.15, 0.2) is 11.2 Å². The van der Waals surface area contributed by atoms with Crippen molar-refractivity contribution in [1.82, 2.24) is 39.3 Å². The van der Waals surface area contributed by atoms with Crippen LogP contribution in [0.3, 0.4) is 0 Å². The van der Waals surface area contributed by atoms with Crippen LogP contribution < -0.4 is 11.2 Å². The number of ether oxygens (including phenoxy) is 1. The van der Waals surface area contributed by atoms with Gasteiger partial charge in [-0.25, -0.2) is 14.3 Å². The smallest absolute Gasteiger partial charge is 0.334 e. The van der Waals surface area contributed by atoms with E-state index in [1.807, 2.05) is 42.7 Å². The van der Waals surface area contributed by atoms with Crippen molar-refractivity contribution in [2.45, 2.75) is 67.3 Å². The van der Waals surface area contributed by atoms with E-state index in [2.05, 4.69) is 65.7 Å². The Hall–Kier alpha value is -4.38. The van der Waals surface area contributed by atoms with Crippen LogP contribution in [0.15, 0.2) is 58.1 Å². The van der Waals surface area contributed by atoms with Gasteiger partial charge in [0.05, 0.1) is 0 Å². The third-order valence-corrected chi connectivity index (χ3v) is 7.20. The van der Waals surface area contributed by atoms with Crippen LogP contribution in [-0.4, -0.2) is 46.4 Å². The van der Waals surface area contributed by atoms with Gasteiger partial charge >= 0.3 is 5.69 Å². The lowest BCUT2D eigenvalue weighted by Crippen LogP contribution is -2.43. The molecule has 5 rings (SSSR count). The van der Waals surface area contributed by atoms with Crippen molar-refractivity contribution in [2.75, 3.05) is 7.11 Å². The average Bonchev–Trinajstić information content (AvgIpc) is 3.59. The maximum atomic E-state index is 14.0. The highest BCUT2D eigenvalue weighted by Gasteiger charge is 2.26. The van der Waals surface area contributed by atoms with E-state index in [1.54, 1.807) is 11.5 Å². The summed E-state index contributed by atoms with van der Waals surface area (Å²) in [5.74, 6) is 1.47. The minimum atomic E-state index is -0.721. The van der Waals surface area contributed by atoms with Crippen molar-refractivity contribution in [2.24, 2.45) is 11.3 Å². The summed E-state index contributed by atoms with van der Waals surface area (Å²) in [7, 11) is 1.49. The van der Waals surface area contributed by atoms with E-state index < -0.39 is 17.5 Å². The Morgan fingerprint density at radius 2 is 1.64 bits per heavy atom. The SMILES string of the molecule is COC(C)n1c(=O)c2c(nc(CC(C)(C)C)n2Cc2ccc(-c3ccccc3-c3nn[nH]n3)cc2)n(CC(C)C)c1=O. The summed E-state index contributed by atoms with van der Waals surface area (Å²) in [5, 5.41) is 14.5. The Morgan fingerprint density at radius 1 is 0.952 bits per heavy atom. The number of methoxy groups -OCH3 is 1. The van der Waals surface area contributed by atoms with Crippen molar-refractivity contribution < 1.29 is 4.74 Å². The van der Waals surface area contributed by atoms with Gasteiger partial charge in [0.25, 0.3) is 5.56 Å². The molecule has 1 unspecified atom stereocenters. The lowest BCUT2D eigenvalue weighted by Gasteiger charge is -2.19. The Morgan fingerprint density at radius 3 is 2.24 bits per heavy atom. The monoisotopic (exact) mass is 570 g/mol. The van der Waals surface area contributed by atoms with Gasteiger partial charge in [-0.2, -0.15) is 5.21 Å². The largest absolute Gasteiger partial charge is 0.361 e. The minimum absolute atomic E-state index is 0.0934. The van der Waals surface area contributed by atoms with Crippen LogP contribution in [0, 0.1) is 11.3 Å². The molecular weight excluding hydrogens is 532 g/mol. The fourth-order valence-electron chi connectivity index (χ4n) is 5.22. The van der Waals surface area contributed by atoms with Crippen LogP contribution in [0.1, 0.15) is 59.2 Å². The van der Waals surface area contributed by atoms with Gasteiger partial charge in [-0.3, -0.25) is 9.36 Å². The predicted octanol–water partition coefficient (Wildman–Crippen LogP) is 4.66. The van der Waals surface area contributed by atoms with Crippen LogP contribution in [0.25, 0.3) is 33.7 Å². The fourth-order valence-corrected chi connectivity index (χ4v) is 5.22. The minimum Gasteiger partial charge on any atom is -0.361 e. The van der Waals surface area contributed by atoms with E-state index in [-0.39, 0.29) is 11.3 Å². The zero-order valence-corrected chi connectivity index (χ0v) is 25.3. The van der Waals surface area contributed by atoms with Gasteiger partial charge < -0.3 is 9.30 Å². The van der Waals surface area contributed by atoms with Gasteiger partial charge in [0.2, 0.25) is 5.82 Å². The zero-order chi connectivity index (χ0) is 30.2. The quantitative estimate of drug-likeness (QED) is 0.273. The molecule has 11 nitrogen and oxygen atoms in total. The van der Waals surface area contributed by atoms with E-state index >= 15 is 0 Å². The molecule has 0 amide bonds. The first-order valence-corrected chi connectivity index (χ1v) is 14.2. The van der Waals surface area contributed by atoms with Gasteiger partial charge in [-0.1, -0.05) is 83.1 Å². The number of imidazole rings is 1. The van der Waals surface area contributed by atoms with Crippen LogP contribution in [0.5, 0.6) is 0 Å². The molecule has 0 aliphatic heterocycles. The van der Waals surface area contributed by atoms with E-state index in [0.29, 0.717) is 36.5 Å². The maximum absolute atomic E-state index is 14.0. The normalized spacial score (nSPS) is 12.9. The number of rotatable bonds is 9. The number of aromatic amines is 1. The number of nitrogens with zero attached hydrogens (tertiary/aromatic N) is 7. The van der Waals surface area contributed by atoms with Crippen molar-refractivity contribution in [3.8, 4) is 22.5 Å². The molecule has 1 atom stereocenters. The number of tetrazole rings is 1. The van der Waals surface area contributed by atoms with E-state index in [1.165, 1.54) is 11.7 Å². The second kappa shape index (κ2) is 11.5. The Kier molecular flexibility index (Phi) is 7.96. The summed E-state index contributed by atoms with van der Waals surface area (Å²) in [6.07, 6.45) is -0.0896. The number of hydrogen-bond donors (Lipinski definition) is 1. The molecule has 0 spiro atoms. The molecule has 2 aromatic carbocycles. The standard InChI is InChI=1S/C31H38N8O3/c1-19(2)17-38-28-26(29(40)39(30(38)41)20(3)42-7)37(25(32-28)16-31(4,5)6)18-21-12-14-22(15-13-21)23-10-8-9-11-24(23)27-33-35-36-34-27/h8-15,19-20H,16-18H2,1-7H3,(H,33,34,35,36). The number of H-pyrrole nitrogens is 1. The molecule has 0 fully saturated rings. The molecule has 42 heavy (non-hydrogen) atoms. The first kappa shape index (κ1) is 29.1. The van der Waals surface area contributed by atoms with Gasteiger partial charge in [-0.15, -0.1) is 10.2 Å². The summed E-state index contributed by atoms with van der Waals surface area (Å²) in [5.41, 5.74) is 3.79. The third-order valence-electron chi connectivity index (χ3n) is 7.20. The summed E-state index contributed by atoms with van der Waals surface area (Å²) in [4.78, 5) is 32.5. The molecule has 1 N–H and O–H groups in total. The van der Waals surface area contributed by atoms with Crippen LogP contribution >= 0.6 is 0 Å². The van der Waals surface area contributed by atoms with Crippen molar-refractivity contribution in [3.05, 3.63) is 80.8 Å². The zero-order valence-electron chi connectivity index (χ0n) is 25.3. The topological polar surface area (TPSA) is 126 Å². The second-order valence-corrected chi connectivity index (χ2v) is 12.3. The van der Waals surface area contributed by atoms with E-state index in [0.717, 1.165) is 28.1 Å². The molecule has 0 saturated heterocycles. The molecule has 11 heteroatoms. The van der Waals surface area contributed by atoms with Crippen LogP contribution in [-0.2, 0) is 24.2 Å². The summed E-state index contributed by atoms with van der Waals surface area (Å²) >= 11 is 0. The van der Waals surface area contributed by atoms with Gasteiger partial charge in [0, 0.05) is 32.2 Å². The molecular formula is C31H38N8O3. The number of benzene rings is 2. The van der Waals surface area contributed by atoms with E-state index in [4.69, 9.17) is 9.72 Å². The highest BCUT2D eigenvalue weighted by atomic mass is 16.5. The van der Waals surface area contributed by atoms with Gasteiger partial charge in [0.1, 0.15) is 12.1 Å². The maximum Gasteiger partial charge on any atom is 0.334 e. The van der Waals surface area contributed by atoms with Crippen LogP contribution in [0.4, 0.5) is 0 Å². The molecule has 0 radical (unpaired) electrons. The van der Waals surface area contributed by atoms with Crippen LogP contribution in [0.2, 0.25) is 0 Å². The van der Waals surface area contributed by atoms with Crippen molar-refractivity contribution >= 4 is 11.2 Å². The molecule has 0 aliphatic carbocycles. The Bertz CT molecular complexity index is 1810. The molecule has 0 aliphatic rings. The summed E-state index contributed by atoms with van der Waals surface area (Å²) in [6, 6.07) is 16.1. The highest BCUT2D eigenvalue weighted by molar-refractivity contribution is 5.80. The Balaban J connectivity index is 1.65. The fraction of sp³-hybridized carbons (Fsp3) is 0.419. The third kappa shape index (κ3) is 5.69. The first-order valence-electron chi connectivity index (χ1n) is 14.2. The molecule has 220 valence electrons. The van der Waals surface area contributed by atoms with Gasteiger partial charge in [-0.05, 0) is 40.2 Å². The summed E-state index contributed by atoms with van der Waals surface area (Å²) < 4.78 is 10.2. The number of hydrogen-bond acceptors (Lipinski definition) is 7. The predicted molar refractivity (Wildman–Crippen MR) is 162 cm³/mol. The van der Waals surface area contributed by atoms with E-state index in [9.17, 15) is 9.59 Å². The second-order valence-electron chi connectivity index (χ2n) is 12.3. The first-order chi connectivity index (χ1) is 20.0. The summed E-state index contributed by atoms with van der Waals surface area (Å²) in [6.45, 7) is 13.1. The number of fused-ring (bicyclic) bond motifs is 1. The lowest BCUT2D eigenvalue weighted by molar-refractivity contribution is 0.0528. The number of nitrogens with one attached hydrogen (secondary N) is 1. The lowest BCUT2D eigenvalue weighted by atomic mass is 9.92. The number of aromatic nitrogens is 8. The molecule has 3 aromatic heterocycles. The highest BCUT2D eigenvalue weighted by Crippen LogP contribution is 2.30. The molecule has 0 saturated carbocycles. The Labute approximate surface area is 244 Å². The van der Waals surface area contributed by atoms with Crippen molar-refractivity contribution in [3.63, 3.8) is 0 Å². The molecule has 0 bridgehead atoms. The molecule has 3 heterocycles. The van der Waals surface area contributed by atoms with Crippen molar-refractivity contribution in [1.29, 1.82) is 0 Å². The average molecular weight is 571 g/mol. The molecule has 5 aromatic rings.